The number of carbonyl (C=O) groups excluding carboxylic acids is 1. The molecule has 0 bridgehead atoms. The third kappa shape index (κ3) is 6.28. The van der Waals surface area contributed by atoms with Gasteiger partial charge in [-0.05, 0) is 52.0 Å². The van der Waals surface area contributed by atoms with Gasteiger partial charge in [-0.1, -0.05) is 18.2 Å². The third-order valence-corrected chi connectivity index (χ3v) is 5.51. The van der Waals surface area contributed by atoms with Crippen LogP contribution in [0.15, 0.2) is 29.3 Å². The van der Waals surface area contributed by atoms with Crippen molar-refractivity contribution < 1.29 is 14.3 Å². The lowest BCUT2D eigenvalue weighted by Gasteiger charge is -2.34. The van der Waals surface area contributed by atoms with E-state index in [2.05, 4.69) is 21.7 Å². The number of para-hydroxylation sites is 1. The first kappa shape index (κ1) is 22.2. The van der Waals surface area contributed by atoms with Gasteiger partial charge in [0.25, 0.3) is 0 Å². The molecule has 1 saturated heterocycles. The minimum atomic E-state index is -0.452. The molecule has 166 valence electrons. The Bertz CT molecular complexity index is 744. The van der Waals surface area contributed by atoms with Crippen molar-refractivity contribution in [2.45, 2.75) is 58.1 Å². The number of benzene rings is 1. The third-order valence-electron chi connectivity index (χ3n) is 5.51. The van der Waals surface area contributed by atoms with E-state index < -0.39 is 5.60 Å². The average molecular weight is 417 g/mol. The SMILES string of the molecule is CN=C(NCCC1CCCN(C(=O)OC(C)(C)C)C1)NC1CCOc2ccccc21. The van der Waals surface area contributed by atoms with Crippen molar-refractivity contribution in [3.05, 3.63) is 29.8 Å². The number of nitrogens with one attached hydrogen (secondary N) is 2. The van der Waals surface area contributed by atoms with Gasteiger partial charge in [0, 0.05) is 38.7 Å². The zero-order valence-corrected chi connectivity index (χ0v) is 18.7. The van der Waals surface area contributed by atoms with E-state index in [0.717, 1.165) is 57.0 Å². The molecule has 2 aliphatic heterocycles. The van der Waals surface area contributed by atoms with Gasteiger partial charge in [-0.25, -0.2) is 4.79 Å². The fourth-order valence-electron chi connectivity index (χ4n) is 4.04. The molecule has 1 amide bonds. The molecule has 1 fully saturated rings. The molecule has 2 heterocycles. The first-order valence-corrected chi connectivity index (χ1v) is 11.0. The Morgan fingerprint density at radius 2 is 2.10 bits per heavy atom. The summed E-state index contributed by atoms with van der Waals surface area (Å²) in [6.45, 7) is 8.79. The maximum Gasteiger partial charge on any atom is 0.410 e. The molecular formula is C23H36N4O3. The standard InChI is InChI=1S/C23H36N4O3/c1-23(2,3)30-22(28)27-14-7-8-17(16-27)11-13-25-21(24-4)26-19-12-15-29-20-10-6-5-9-18(19)20/h5-6,9-10,17,19H,7-8,11-16H2,1-4H3,(H2,24,25,26). The van der Waals surface area contributed by atoms with E-state index >= 15 is 0 Å². The highest BCUT2D eigenvalue weighted by Gasteiger charge is 2.27. The van der Waals surface area contributed by atoms with Gasteiger partial charge in [-0.15, -0.1) is 0 Å². The van der Waals surface area contributed by atoms with Crippen LogP contribution in [-0.4, -0.2) is 55.8 Å². The van der Waals surface area contributed by atoms with Crippen LogP contribution in [0.25, 0.3) is 0 Å². The number of hydrogen-bond acceptors (Lipinski definition) is 4. The Morgan fingerprint density at radius 3 is 2.87 bits per heavy atom. The predicted octanol–water partition coefficient (Wildman–Crippen LogP) is 3.71. The zero-order chi connectivity index (χ0) is 21.6. The highest BCUT2D eigenvalue weighted by molar-refractivity contribution is 5.80. The molecule has 30 heavy (non-hydrogen) atoms. The topological polar surface area (TPSA) is 75.2 Å². The Morgan fingerprint density at radius 1 is 1.30 bits per heavy atom. The Kier molecular flexibility index (Phi) is 7.45. The fourth-order valence-corrected chi connectivity index (χ4v) is 4.04. The van der Waals surface area contributed by atoms with Crippen LogP contribution in [0, 0.1) is 5.92 Å². The number of rotatable bonds is 4. The van der Waals surface area contributed by atoms with Crippen LogP contribution in [0.1, 0.15) is 58.1 Å². The number of carbonyl (C=O) groups is 1. The molecule has 2 unspecified atom stereocenters. The van der Waals surface area contributed by atoms with Gasteiger partial charge >= 0.3 is 6.09 Å². The quantitative estimate of drug-likeness (QED) is 0.578. The van der Waals surface area contributed by atoms with Gasteiger partial charge in [0.1, 0.15) is 11.4 Å². The largest absolute Gasteiger partial charge is 0.493 e. The van der Waals surface area contributed by atoms with Crippen molar-refractivity contribution >= 4 is 12.1 Å². The van der Waals surface area contributed by atoms with Crippen LogP contribution < -0.4 is 15.4 Å². The second-order valence-electron chi connectivity index (χ2n) is 9.09. The van der Waals surface area contributed by atoms with Gasteiger partial charge in [-0.2, -0.15) is 0 Å². The molecule has 0 aromatic heterocycles. The normalized spacial score (nSPS) is 22.0. The van der Waals surface area contributed by atoms with E-state index in [-0.39, 0.29) is 12.1 Å². The molecule has 2 aliphatic rings. The van der Waals surface area contributed by atoms with Crippen molar-refractivity contribution in [1.29, 1.82) is 0 Å². The van der Waals surface area contributed by atoms with Crippen LogP contribution in [0.5, 0.6) is 5.75 Å². The lowest BCUT2D eigenvalue weighted by atomic mass is 9.95. The van der Waals surface area contributed by atoms with Crippen LogP contribution in [0.4, 0.5) is 4.79 Å². The number of fused-ring (bicyclic) bond motifs is 1. The molecule has 0 radical (unpaired) electrons. The molecule has 3 rings (SSSR count). The van der Waals surface area contributed by atoms with E-state index in [1.165, 1.54) is 5.56 Å². The highest BCUT2D eigenvalue weighted by Crippen LogP contribution is 2.31. The fraction of sp³-hybridized carbons (Fsp3) is 0.652. The number of likely N-dealkylation sites (tertiary alicyclic amines) is 1. The van der Waals surface area contributed by atoms with Crippen LogP contribution in [-0.2, 0) is 4.74 Å². The van der Waals surface area contributed by atoms with Crippen molar-refractivity contribution in [1.82, 2.24) is 15.5 Å². The smallest absolute Gasteiger partial charge is 0.410 e. The molecule has 0 spiro atoms. The predicted molar refractivity (Wildman–Crippen MR) is 119 cm³/mol. The van der Waals surface area contributed by atoms with E-state index in [9.17, 15) is 4.79 Å². The van der Waals surface area contributed by atoms with Crippen LogP contribution >= 0.6 is 0 Å². The van der Waals surface area contributed by atoms with E-state index in [1.54, 1.807) is 7.05 Å². The van der Waals surface area contributed by atoms with Gasteiger partial charge in [0.05, 0.1) is 12.6 Å². The summed E-state index contributed by atoms with van der Waals surface area (Å²) in [7, 11) is 1.80. The second-order valence-corrected chi connectivity index (χ2v) is 9.09. The minimum absolute atomic E-state index is 0.193. The average Bonchev–Trinajstić information content (AvgIpc) is 2.72. The minimum Gasteiger partial charge on any atom is -0.493 e. The number of guanidine groups is 1. The van der Waals surface area contributed by atoms with Crippen molar-refractivity contribution in [2.75, 3.05) is 33.3 Å². The van der Waals surface area contributed by atoms with Gasteiger partial charge in [-0.3, -0.25) is 4.99 Å². The molecule has 7 nitrogen and oxygen atoms in total. The molecule has 1 aromatic rings. The monoisotopic (exact) mass is 416 g/mol. The molecule has 2 atom stereocenters. The highest BCUT2D eigenvalue weighted by atomic mass is 16.6. The lowest BCUT2D eigenvalue weighted by molar-refractivity contribution is 0.0162. The number of nitrogens with zero attached hydrogens (tertiary/aromatic N) is 2. The van der Waals surface area contributed by atoms with Crippen molar-refractivity contribution in [3.63, 3.8) is 0 Å². The second kappa shape index (κ2) is 10.0. The first-order chi connectivity index (χ1) is 14.4. The maximum absolute atomic E-state index is 12.4. The summed E-state index contributed by atoms with van der Waals surface area (Å²) in [6.07, 6.45) is 3.86. The number of piperidine rings is 1. The van der Waals surface area contributed by atoms with Gasteiger partial charge in [0.15, 0.2) is 5.96 Å². The Labute approximate surface area is 180 Å². The molecular weight excluding hydrogens is 380 g/mol. The summed E-state index contributed by atoms with van der Waals surface area (Å²) >= 11 is 0. The Hall–Kier alpha value is -2.44. The molecule has 1 aromatic carbocycles. The zero-order valence-electron chi connectivity index (χ0n) is 18.7. The maximum atomic E-state index is 12.4. The number of aliphatic imine (C=N–C) groups is 1. The van der Waals surface area contributed by atoms with Crippen molar-refractivity contribution in [2.24, 2.45) is 10.9 Å². The van der Waals surface area contributed by atoms with E-state index in [4.69, 9.17) is 9.47 Å². The summed E-state index contributed by atoms with van der Waals surface area (Å²) in [5.74, 6) is 2.22. The molecule has 0 aliphatic carbocycles. The van der Waals surface area contributed by atoms with Gasteiger partial charge in [0.2, 0.25) is 0 Å². The van der Waals surface area contributed by atoms with E-state index in [0.29, 0.717) is 12.5 Å². The number of amides is 1. The Balaban J connectivity index is 1.45. The summed E-state index contributed by atoms with van der Waals surface area (Å²) in [5.41, 5.74) is 0.721. The molecule has 7 heteroatoms. The molecule has 0 saturated carbocycles. The lowest BCUT2D eigenvalue weighted by Crippen LogP contribution is -2.44. The van der Waals surface area contributed by atoms with E-state index in [1.807, 2.05) is 43.9 Å². The summed E-state index contributed by atoms with van der Waals surface area (Å²) in [6, 6.07) is 8.35. The van der Waals surface area contributed by atoms with Gasteiger partial charge < -0.3 is 25.0 Å². The number of hydrogen-bond donors (Lipinski definition) is 2. The van der Waals surface area contributed by atoms with Crippen LogP contribution in [0.3, 0.4) is 0 Å². The summed E-state index contributed by atoms with van der Waals surface area (Å²) in [4.78, 5) is 18.6. The summed E-state index contributed by atoms with van der Waals surface area (Å²) < 4.78 is 11.3. The van der Waals surface area contributed by atoms with Crippen molar-refractivity contribution in [3.8, 4) is 5.75 Å². The van der Waals surface area contributed by atoms with Crippen LogP contribution in [0.2, 0.25) is 0 Å². The summed E-state index contributed by atoms with van der Waals surface area (Å²) in [5, 5.41) is 6.97. The number of ether oxygens (including phenoxy) is 2. The first-order valence-electron chi connectivity index (χ1n) is 11.0. The molecule has 2 N–H and O–H groups in total.